The predicted molar refractivity (Wildman–Crippen MR) is 74.8 cm³/mol. The summed E-state index contributed by atoms with van der Waals surface area (Å²) in [5, 5.41) is 10.3. The van der Waals surface area contributed by atoms with Gasteiger partial charge in [-0.05, 0) is 30.8 Å². The number of rotatable bonds is 5. The van der Waals surface area contributed by atoms with E-state index in [9.17, 15) is 5.11 Å². The summed E-state index contributed by atoms with van der Waals surface area (Å²) in [6.45, 7) is 8.09. The number of likely N-dealkylation sites (N-methyl/N-ethyl adjacent to an activating group) is 1. The van der Waals surface area contributed by atoms with Gasteiger partial charge >= 0.3 is 0 Å². The summed E-state index contributed by atoms with van der Waals surface area (Å²) >= 11 is 0. The highest BCUT2D eigenvalue weighted by atomic mass is 16.5. The van der Waals surface area contributed by atoms with Crippen LogP contribution in [0.2, 0.25) is 0 Å². The van der Waals surface area contributed by atoms with Crippen LogP contribution < -0.4 is 9.47 Å². The molecule has 1 aromatic rings. The standard InChI is InChI=1S/C15H23NO3/c1-3-16(4-2)11-13(17)12-6-7-14-15(10-12)19-9-5-8-18-14/h6-7,10,13,17H,3-5,8-9,11H2,1-2H3. The van der Waals surface area contributed by atoms with Gasteiger partial charge in [0.05, 0.1) is 19.3 Å². The lowest BCUT2D eigenvalue weighted by Gasteiger charge is -2.22. The molecule has 1 heterocycles. The number of ether oxygens (including phenoxy) is 2. The van der Waals surface area contributed by atoms with Crippen LogP contribution in [0.3, 0.4) is 0 Å². The number of nitrogens with zero attached hydrogens (tertiary/aromatic N) is 1. The molecule has 0 saturated heterocycles. The zero-order valence-corrected chi connectivity index (χ0v) is 11.8. The average Bonchev–Trinajstić information content (AvgIpc) is 2.68. The van der Waals surface area contributed by atoms with Crippen LogP contribution in [-0.4, -0.2) is 42.9 Å². The van der Waals surface area contributed by atoms with Gasteiger partial charge in [-0.2, -0.15) is 0 Å². The Hall–Kier alpha value is -1.26. The van der Waals surface area contributed by atoms with E-state index in [0.717, 1.165) is 36.6 Å². The molecule has 0 bridgehead atoms. The van der Waals surface area contributed by atoms with E-state index in [4.69, 9.17) is 9.47 Å². The second-order valence-corrected chi connectivity index (χ2v) is 4.76. The maximum Gasteiger partial charge on any atom is 0.161 e. The predicted octanol–water partition coefficient (Wildman–Crippen LogP) is 2.22. The van der Waals surface area contributed by atoms with Gasteiger partial charge in [-0.15, -0.1) is 0 Å². The monoisotopic (exact) mass is 265 g/mol. The van der Waals surface area contributed by atoms with Crippen molar-refractivity contribution < 1.29 is 14.6 Å². The molecular formula is C15H23NO3. The first-order chi connectivity index (χ1) is 9.24. The molecule has 2 rings (SSSR count). The van der Waals surface area contributed by atoms with Crippen molar-refractivity contribution in [1.82, 2.24) is 4.90 Å². The van der Waals surface area contributed by atoms with Gasteiger partial charge in [0.25, 0.3) is 0 Å². The maximum absolute atomic E-state index is 10.3. The van der Waals surface area contributed by atoms with E-state index in [1.54, 1.807) is 0 Å². The van der Waals surface area contributed by atoms with Crippen molar-refractivity contribution in [3.8, 4) is 11.5 Å². The van der Waals surface area contributed by atoms with Crippen LogP contribution in [0.1, 0.15) is 31.9 Å². The smallest absolute Gasteiger partial charge is 0.161 e. The van der Waals surface area contributed by atoms with E-state index in [0.29, 0.717) is 19.8 Å². The summed E-state index contributed by atoms with van der Waals surface area (Å²) in [6.07, 6.45) is 0.406. The first kappa shape index (κ1) is 14.2. The van der Waals surface area contributed by atoms with Gasteiger partial charge in [0.1, 0.15) is 0 Å². The molecule has 1 aromatic carbocycles. The first-order valence-electron chi connectivity index (χ1n) is 7.04. The molecule has 0 fully saturated rings. The molecule has 0 amide bonds. The topological polar surface area (TPSA) is 41.9 Å². The van der Waals surface area contributed by atoms with Gasteiger partial charge in [0, 0.05) is 13.0 Å². The fraction of sp³-hybridized carbons (Fsp3) is 0.600. The van der Waals surface area contributed by atoms with E-state index >= 15 is 0 Å². The quantitative estimate of drug-likeness (QED) is 0.886. The third kappa shape index (κ3) is 3.61. The van der Waals surface area contributed by atoms with Crippen molar-refractivity contribution in [2.75, 3.05) is 32.8 Å². The third-order valence-corrected chi connectivity index (χ3v) is 3.48. The molecule has 106 valence electrons. The molecule has 0 aromatic heterocycles. The second kappa shape index (κ2) is 6.78. The molecule has 1 aliphatic rings. The molecule has 0 radical (unpaired) electrons. The Morgan fingerprint density at radius 1 is 1.16 bits per heavy atom. The van der Waals surface area contributed by atoms with Crippen LogP contribution in [0, 0.1) is 0 Å². The van der Waals surface area contributed by atoms with E-state index < -0.39 is 6.10 Å². The average molecular weight is 265 g/mol. The molecule has 4 nitrogen and oxygen atoms in total. The highest BCUT2D eigenvalue weighted by Crippen LogP contribution is 2.32. The zero-order chi connectivity index (χ0) is 13.7. The van der Waals surface area contributed by atoms with Crippen molar-refractivity contribution in [1.29, 1.82) is 0 Å². The highest BCUT2D eigenvalue weighted by Gasteiger charge is 2.16. The lowest BCUT2D eigenvalue weighted by molar-refractivity contribution is 0.118. The minimum absolute atomic E-state index is 0.489. The SMILES string of the molecule is CCN(CC)CC(O)c1ccc2c(c1)OCCCO2. The van der Waals surface area contributed by atoms with Crippen LogP contribution in [0.15, 0.2) is 18.2 Å². The summed E-state index contributed by atoms with van der Waals surface area (Å²) in [5.74, 6) is 1.52. The molecule has 19 heavy (non-hydrogen) atoms. The lowest BCUT2D eigenvalue weighted by atomic mass is 10.1. The Bertz CT molecular complexity index is 404. The Morgan fingerprint density at radius 3 is 2.53 bits per heavy atom. The Balaban J connectivity index is 2.10. The largest absolute Gasteiger partial charge is 0.490 e. The molecule has 0 aliphatic carbocycles. The zero-order valence-electron chi connectivity index (χ0n) is 11.8. The van der Waals surface area contributed by atoms with Crippen molar-refractivity contribution >= 4 is 0 Å². The van der Waals surface area contributed by atoms with Gasteiger partial charge in [0.15, 0.2) is 11.5 Å². The van der Waals surface area contributed by atoms with Crippen LogP contribution in [0.4, 0.5) is 0 Å². The van der Waals surface area contributed by atoms with Crippen molar-refractivity contribution in [2.45, 2.75) is 26.4 Å². The van der Waals surface area contributed by atoms with Gasteiger partial charge in [-0.25, -0.2) is 0 Å². The first-order valence-corrected chi connectivity index (χ1v) is 7.04. The number of aliphatic hydroxyl groups is 1. The molecular weight excluding hydrogens is 242 g/mol. The minimum atomic E-state index is -0.489. The third-order valence-electron chi connectivity index (χ3n) is 3.48. The Morgan fingerprint density at radius 2 is 1.84 bits per heavy atom. The second-order valence-electron chi connectivity index (χ2n) is 4.76. The van der Waals surface area contributed by atoms with Crippen LogP contribution in [-0.2, 0) is 0 Å². The van der Waals surface area contributed by atoms with Gasteiger partial charge < -0.3 is 19.5 Å². The molecule has 1 aliphatic heterocycles. The van der Waals surface area contributed by atoms with E-state index in [1.807, 2.05) is 18.2 Å². The molecule has 4 heteroatoms. The van der Waals surface area contributed by atoms with Crippen LogP contribution in [0.5, 0.6) is 11.5 Å². The summed E-state index contributed by atoms with van der Waals surface area (Å²) < 4.78 is 11.2. The fourth-order valence-corrected chi connectivity index (χ4v) is 2.22. The summed E-state index contributed by atoms with van der Waals surface area (Å²) in [6, 6.07) is 5.71. The molecule has 0 spiro atoms. The molecule has 1 N–H and O–H groups in total. The van der Waals surface area contributed by atoms with Gasteiger partial charge in [0.2, 0.25) is 0 Å². The van der Waals surface area contributed by atoms with Gasteiger partial charge in [-0.3, -0.25) is 0 Å². The number of aliphatic hydroxyl groups excluding tert-OH is 1. The van der Waals surface area contributed by atoms with Crippen LogP contribution >= 0.6 is 0 Å². The molecule has 1 atom stereocenters. The minimum Gasteiger partial charge on any atom is -0.490 e. The number of benzene rings is 1. The number of fused-ring (bicyclic) bond motifs is 1. The lowest BCUT2D eigenvalue weighted by Crippen LogP contribution is -2.28. The summed E-state index contributed by atoms with van der Waals surface area (Å²) in [7, 11) is 0. The number of hydrogen-bond acceptors (Lipinski definition) is 4. The normalized spacial score (nSPS) is 16.2. The van der Waals surface area contributed by atoms with Crippen molar-refractivity contribution in [3.63, 3.8) is 0 Å². The van der Waals surface area contributed by atoms with Gasteiger partial charge in [-0.1, -0.05) is 19.9 Å². The molecule has 1 unspecified atom stereocenters. The van der Waals surface area contributed by atoms with Crippen molar-refractivity contribution in [3.05, 3.63) is 23.8 Å². The Kier molecular flexibility index (Phi) is 5.05. The van der Waals surface area contributed by atoms with E-state index in [-0.39, 0.29) is 0 Å². The Labute approximate surface area is 114 Å². The van der Waals surface area contributed by atoms with Crippen molar-refractivity contribution in [2.24, 2.45) is 0 Å². The van der Waals surface area contributed by atoms with E-state index in [1.165, 1.54) is 0 Å². The summed E-state index contributed by atoms with van der Waals surface area (Å²) in [5.41, 5.74) is 0.885. The van der Waals surface area contributed by atoms with Crippen LogP contribution in [0.25, 0.3) is 0 Å². The summed E-state index contributed by atoms with van der Waals surface area (Å²) in [4.78, 5) is 2.20. The highest BCUT2D eigenvalue weighted by molar-refractivity contribution is 5.44. The maximum atomic E-state index is 10.3. The fourth-order valence-electron chi connectivity index (χ4n) is 2.22. The van der Waals surface area contributed by atoms with E-state index in [2.05, 4.69) is 18.7 Å². The molecule has 0 saturated carbocycles. The number of hydrogen-bond donors (Lipinski definition) is 1.